The molecule has 1 saturated heterocycles. The zero-order valence-corrected chi connectivity index (χ0v) is 16.3. The van der Waals surface area contributed by atoms with E-state index in [1.54, 1.807) is 30.9 Å². The van der Waals surface area contributed by atoms with E-state index < -0.39 is 5.41 Å². The molecule has 1 N–H and O–H groups in total. The van der Waals surface area contributed by atoms with Crippen LogP contribution in [0.25, 0.3) is 0 Å². The average Bonchev–Trinajstić information content (AvgIpc) is 2.69. The first-order chi connectivity index (χ1) is 12.9. The molecule has 1 heterocycles. The van der Waals surface area contributed by atoms with Crippen molar-refractivity contribution in [1.82, 2.24) is 10.2 Å². The number of nitrogens with one attached hydrogen (secondary N) is 1. The van der Waals surface area contributed by atoms with Crippen molar-refractivity contribution < 1.29 is 14.0 Å². The second-order valence-electron chi connectivity index (χ2n) is 8.19. The maximum Gasteiger partial charge on any atom is 0.237 e. The van der Waals surface area contributed by atoms with Crippen molar-refractivity contribution in [3.63, 3.8) is 0 Å². The van der Waals surface area contributed by atoms with Crippen LogP contribution in [0.4, 0.5) is 10.1 Å². The Bertz CT molecular complexity index is 661. The Hall–Kier alpha value is -2.11. The van der Waals surface area contributed by atoms with Crippen LogP contribution in [0.3, 0.4) is 0 Å². The number of amides is 2. The van der Waals surface area contributed by atoms with E-state index in [1.807, 2.05) is 0 Å². The van der Waals surface area contributed by atoms with Crippen LogP contribution in [0, 0.1) is 11.2 Å². The number of hydrogen-bond donors (Lipinski definition) is 1. The van der Waals surface area contributed by atoms with Crippen molar-refractivity contribution in [2.45, 2.75) is 52.0 Å². The summed E-state index contributed by atoms with van der Waals surface area (Å²) in [5.74, 6) is -0.534. The molecule has 0 bridgehead atoms. The Labute approximate surface area is 160 Å². The molecule has 0 spiro atoms. The smallest absolute Gasteiger partial charge is 0.237 e. The largest absolute Gasteiger partial charge is 0.368 e. The van der Waals surface area contributed by atoms with Crippen LogP contribution < -0.4 is 10.2 Å². The number of benzene rings is 1. The van der Waals surface area contributed by atoms with Gasteiger partial charge in [-0.2, -0.15) is 0 Å². The van der Waals surface area contributed by atoms with E-state index in [4.69, 9.17) is 0 Å². The average molecular weight is 375 g/mol. The first-order valence-electron chi connectivity index (χ1n) is 9.99. The predicted molar refractivity (Wildman–Crippen MR) is 104 cm³/mol. The highest BCUT2D eigenvalue weighted by Gasteiger charge is 2.40. The number of hydrogen-bond acceptors (Lipinski definition) is 3. The van der Waals surface area contributed by atoms with Crippen molar-refractivity contribution >= 4 is 17.5 Å². The van der Waals surface area contributed by atoms with Gasteiger partial charge in [-0.15, -0.1) is 0 Å². The molecule has 1 aromatic rings. The lowest BCUT2D eigenvalue weighted by Crippen LogP contribution is -2.56. The lowest BCUT2D eigenvalue weighted by Gasteiger charge is -2.39. The van der Waals surface area contributed by atoms with Gasteiger partial charge >= 0.3 is 0 Å². The normalized spacial score (nSPS) is 19.1. The lowest BCUT2D eigenvalue weighted by atomic mass is 9.88. The molecule has 2 aliphatic rings. The summed E-state index contributed by atoms with van der Waals surface area (Å²) in [7, 11) is 0. The highest BCUT2D eigenvalue weighted by atomic mass is 19.1. The lowest BCUT2D eigenvalue weighted by molar-refractivity contribution is -0.149. The van der Waals surface area contributed by atoms with Crippen LogP contribution in [0.15, 0.2) is 24.3 Å². The molecule has 5 nitrogen and oxygen atoms in total. The minimum Gasteiger partial charge on any atom is -0.368 e. The molecule has 1 saturated carbocycles. The summed E-state index contributed by atoms with van der Waals surface area (Å²) < 4.78 is 13.1. The molecular weight excluding hydrogens is 345 g/mol. The summed E-state index contributed by atoms with van der Waals surface area (Å²) in [6.07, 6.45) is 5.53. The van der Waals surface area contributed by atoms with E-state index in [1.165, 1.54) is 18.6 Å². The molecule has 0 aromatic heterocycles. The molecule has 0 atom stereocenters. The quantitative estimate of drug-likeness (QED) is 0.824. The maximum atomic E-state index is 13.1. The number of halogens is 1. The zero-order valence-electron chi connectivity index (χ0n) is 16.3. The highest BCUT2D eigenvalue weighted by molar-refractivity contribution is 6.04. The van der Waals surface area contributed by atoms with Gasteiger partial charge in [0, 0.05) is 37.9 Å². The summed E-state index contributed by atoms with van der Waals surface area (Å²) in [5, 5.41) is 3.09. The van der Waals surface area contributed by atoms with Gasteiger partial charge in [0.1, 0.15) is 11.2 Å². The fourth-order valence-corrected chi connectivity index (χ4v) is 3.92. The van der Waals surface area contributed by atoms with Crippen molar-refractivity contribution in [3.8, 4) is 0 Å². The van der Waals surface area contributed by atoms with Crippen LogP contribution in [-0.2, 0) is 9.59 Å². The summed E-state index contributed by atoms with van der Waals surface area (Å²) in [4.78, 5) is 29.6. The number of nitrogens with zero attached hydrogens (tertiary/aromatic N) is 2. The van der Waals surface area contributed by atoms with Gasteiger partial charge < -0.3 is 15.1 Å². The Morgan fingerprint density at radius 1 is 1.00 bits per heavy atom. The van der Waals surface area contributed by atoms with Crippen LogP contribution in [0.1, 0.15) is 46.0 Å². The van der Waals surface area contributed by atoms with Crippen molar-refractivity contribution in [2.24, 2.45) is 5.41 Å². The third-order valence-electron chi connectivity index (χ3n) is 5.80. The SMILES string of the molecule is CC(C)(C(=O)NC1CCCCC1)C(=O)N1CCN(c2ccc(F)cc2)CC1. The van der Waals surface area contributed by atoms with Crippen molar-refractivity contribution in [2.75, 3.05) is 31.1 Å². The molecule has 1 aliphatic heterocycles. The molecule has 2 amide bonds. The molecule has 6 heteroatoms. The Balaban J connectivity index is 1.55. The van der Waals surface area contributed by atoms with Crippen molar-refractivity contribution in [1.29, 1.82) is 0 Å². The Kier molecular flexibility index (Phi) is 6.02. The number of piperazine rings is 1. The van der Waals surface area contributed by atoms with Gasteiger partial charge in [0.15, 0.2) is 0 Å². The molecule has 0 unspecified atom stereocenters. The number of carbonyl (C=O) groups excluding carboxylic acids is 2. The molecule has 3 rings (SSSR count). The summed E-state index contributed by atoms with van der Waals surface area (Å²) in [5.41, 5.74) is -0.104. The van der Waals surface area contributed by atoms with E-state index in [0.717, 1.165) is 31.4 Å². The van der Waals surface area contributed by atoms with Gasteiger partial charge in [-0.3, -0.25) is 9.59 Å². The Morgan fingerprint density at radius 2 is 1.59 bits per heavy atom. The van der Waals surface area contributed by atoms with Gasteiger partial charge in [-0.25, -0.2) is 4.39 Å². The number of rotatable bonds is 4. The topological polar surface area (TPSA) is 52.7 Å². The minimum atomic E-state index is -1.06. The molecule has 1 aliphatic carbocycles. The fourth-order valence-electron chi connectivity index (χ4n) is 3.92. The summed E-state index contributed by atoms with van der Waals surface area (Å²) in [6, 6.07) is 6.62. The van der Waals surface area contributed by atoms with Crippen LogP contribution in [0.2, 0.25) is 0 Å². The number of anilines is 1. The monoisotopic (exact) mass is 375 g/mol. The second-order valence-corrected chi connectivity index (χ2v) is 8.19. The number of carbonyl (C=O) groups is 2. The summed E-state index contributed by atoms with van der Waals surface area (Å²) in [6.45, 7) is 5.93. The molecular formula is C21H30FN3O2. The van der Waals surface area contributed by atoms with Crippen LogP contribution in [0.5, 0.6) is 0 Å². The molecule has 148 valence electrons. The zero-order chi connectivity index (χ0) is 19.4. The summed E-state index contributed by atoms with van der Waals surface area (Å²) >= 11 is 0. The third kappa shape index (κ3) is 4.60. The van der Waals surface area contributed by atoms with Gasteiger partial charge in [-0.05, 0) is 51.0 Å². The van der Waals surface area contributed by atoms with Gasteiger partial charge in [0.2, 0.25) is 11.8 Å². The molecule has 0 radical (unpaired) electrons. The van der Waals surface area contributed by atoms with Crippen LogP contribution >= 0.6 is 0 Å². The van der Waals surface area contributed by atoms with Gasteiger partial charge in [0.05, 0.1) is 0 Å². The van der Waals surface area contributed by atoms with E-state index in [0.29, 0.717) is 26.2 Å². The maximum absolute atomic E-state index is 13.1. The van der Waals surface area contributed by atoms with Crippen LogP contribution in [-0.4, -0.2) is 48.9 Å². The molecule has 1 aromatic carbocycles. The standard InChI is InChI=1S/C21H30FN3O2/c1-21(2,19(26)23-17-6-4-3-5-7-17)20(27)25-14-12-24(13-15-25)18-10-8-16(22)9-11-18/h8-11,17H,3-7,12-15H2,1-2H3,(H,23,26). The fraction of sp³-hybridized carbons (Fsp3) is 0.619. The first-order valence-corrected chi connectivity index (χ1v) is 9.99. The van der Waals surface area contributed by atoms with E-state index in [9.17, 15) is 14.0 Å². The van der Waals surface area contributed by atoms with E-state index in [-0.39, 0.29) is 23.7 Å². The second kappa shape index (κ2) is 8.28. The highest BCUT2D eigenvalue weighted by Crippen LogP contribution is 2.24. The minimum absolute atomic E-state index is 0.116. The van der Waals surface area contributed by atoms with Gasteiger partial charge in [0.25, 0.3) is 0 Å². The van der Waals surface area contributed by atoms with E-state index >= 15 is 0 Å². The van der Waals surface area contributed by atoms with Crippen molar-refractivity contribution in [3.05, 3.63) is 30.1 Å². The third-order valence-corrected chi connectivity index (χ3v) is 5.80. The van der Waals surface area contributed by atoms with Gasteiger partial charge in [-0.1, -0.05) is 19.3 Å². The molecule has 2 fully saturated rings. The Morgan fingerprint density at radius 3 is 2.19 bits per heavy atom. The first kappa shape index (κ1) is 19.6. The van der Waals surface area contributed by atoms with E-state index in [2.05, 4.69) is 10.2 Å². The molecule has 27 heavy (non-hydrogen) atoms. The predicted octanol–water partition coefficient (Wildman–Crippen LogP) is 2.95.